The molecular weight excluding hydrogens is 288 g/mol. The molecule has 0 amide bonds. The molecule has 1 aromatic carbocycles. The Labute approximate surface area is 104 Å². The van der Waals surface area contributed by atoms with Gasteiger partial charge in [-0.15, -0.1) is 0 Å². The second kappa shape index (κ2) is 4.55. The fourth-order valence-electron chi connectivity index (χ4n) is 1.39. The molecule has 0 saturated carbocycles. The van der Waals surface area contributed by atoms with E-state index in [9.17, 15) is 14.7 Å². The number of aliphatic carboxylic acids is 1. The van der Waals surface area contributed by atoms with Crippen molar-refractivity contribution in [2.75, 3.05) is 0 Å². The summed E-state index contributed by atoms with van der Waals surface area (Å²) in [4.78, 5) is 22.2. The van der Waals surface area contributed by atoms with E-state index in [1.54, 1.807) is 18.2 Å². The lowest BCUT2D eigenvalue weighted by Crippen LogP contribution is -2.18. The highest BCUT2D eigenvalue weighted by Gasteiger charge is 2.04. The fraction of sp³-hybridized carbons (Fsp3) is 0. The smallest absolute Gasteiger partial charge is 0.199 e. The monoisotopic (exact) mass is 293 g/mol. The molecule has 0 atom stereocenters. The average molecular weight is 294 g/mol. The number of fused-ring (bicyclic) bond motifs is 1. The molecular formula is C12H6BrO4-. The molecule has 0 spiro atoms. The Balaban J connectivity index is 2.65. The minimum absolute atomic E-state index is 0.166. The van der Waals surface area contributed by atoms with E-state index < -0.39 is 5.97 Å². The second-order valence-electron chi connectivity index (χ2n) is 3.31. The van der Waals surface area contributed by atoms with Crippen molar-refractivity contribution in [2.24, 2.45) is 0 Å². The predicted molar refractivity (Wildman–Crippen MR) is 64.2 cm³/mol. The number of hydrogen-bond acceptors (Lipinski definition) is 4. The molecule has 0 N–H and O–H groups in total. The van der Waals surface area contributed by atoms with Gasteiger partial charge in [0.15, 0.2) is 5.43 Å². The van der Waals surface area contributed by atoms with Crippen LogP contribution in [0.25, 0.3) is 17.0 Å². The maximum atomic E-state index is 11.9. The molecule has 86 valence electrons. The van der Waals surface area contributed by atoms with Crippen LogP contribution in [0.3, 0.4) is 0 Å². The Kier molecular flexibility index (Phi) is 3.10. The first-order valence-electron chi connectivity index (χ1n) is 4.68. The van der Waals surface area contributed by atoms with E-state index in [1.165, 1.54) is 6.26 Å². The molecule has 2 rings (SSSR count). The van der Waals surface area contributed by atoms with Crippen molar-refractivity contribution in [1.82, 2.24) is 0 Å². The number of carbonyl (C=O) groups is 1. The van der Waals surface area contributed by atoms with Crippen LogP contribution < -0.4 is 10.5 Å². The molecule has 1 aromatic heterocycles. The van der Waals surface area contributed by atoms with Gasteiger partial charge in [-0.25, -0.2) is 0 Å². The van der Waals surface area contributed by atoms with Crippen molar-refractivity contribution < 1.29 is 14.3 Å². The van der Waals surface area contributed by atoms with Crippen LogP contribution in [-0.4, -0.2) is 5.97 Å². The Morgan fingerprint density at radius 2 is 2.18 bits per heavy atom. The minimum atomic E-state index is -1.36. The number of carboxylic acid groups (broad SMARTS) is 1. The van der Waals surface area contributed by atoms with Gasteiger partial charge in [-0.2, -0.15) is 0 Å². The van der Waals surface area contributed by atoms with Gasteiger partial charge in [0.25, 0.3) is 0 Å². The van der Waals surface area contributed by atoms with Crippen LogP contribution in [0.15, 0.2) is 44.2 Å². The summed E-state index contributed by atoms with van der Waals surface area (Å²) in [5, 5.41) is 10.7. The van der Waals surface area contributed by atoms with E-state index in [1.807, 2.05) is 0 Å². The number of halogens is 1. The van der Waals surface area contributed by atoms with Crippen molar-refractivity contribution in [2.45, 2.75) is 0 Å². The third-order valence-electron chi connectivity index (χ3n) is 2.16. The van der Waals surface area contributed by atoms with E-state index in [0.29, 0.717) is 11.0 Å². The molecule has 5 heteroatoms. The molecule has 17 heavy (non-hydrogen) atoms. The molecule has 0 fully saturated rings. The summed E-state index contributed by atoms with van der Waals surface area (Å²) in [6.45, 7) is 0. The highest BCUT2D eigenvalue weighted by atomic mass is 79.9. The van der Waals surface area contributed by atoms with Crippen LogP contribution in [-0.2, 0) is 4.79 Å². The summed E-state index contributed by atoms with van der Waals surface area (Å²) in [6.07, 6.45) is 3.16. The number of benzene rings is 1. The zero-order valence-electron chi connectivity index (χ0n) is 8.48. The van der Waals surface area contributed by atoms with Gasteiger partial charge < -0.3 is 14.3 Å². The lowest BCUT2D eigenvalue weighted by molar-refractivity contribution is -0.297. The summed E-state index contributed by atoms with van der Waals surface area (Å²) in [5.41, 5.74) is 0.327. The zero-order valence-corrected chi connectivity index (χ0v) is 10.1. The number of carboxylic acids is 1. The molecule has 0 saturated heterocycles. The van der Waals surface area contributed by atoms with E-state index in [0.717, 1.165) is 16.6 Å². The van der Waals surface area contributed by atoms with Gasteiger partial charge in [-0.1, -0.05) is 15.9 Å². The minimum Gasteiger partial charge on any atom is -0.545 e. The molecule has 2 aromatic rings. The van der Waals surface area contributed by atoms with Crippen molar-refractivity contribution >= 4 is 38.9 Å². The van der Waals surface area contributed by atoms with Gasteiger partial charge in [-0.05, 0) is 30.4 Å². The Hall–Kier alpha value is -1.88. The van der Waals surface area contributed by atoms with Crippen molar-refractivity contribution in [3.05, 3.63) is 50.8 Å². The lowest BCUT2D eigenvalue weighted by atomic mass is 10.1. The van der Waals surface area contributed by atoms with Crippen LogP contribution >= 0.6 is 15.9 Å². The molecule has 0 radical (unpaired) electrons. The van der Waals surface area contributed by atoms with Gasteiger partial charge >= 0.3 is 0 Å². The topological polar surface area (TPSA) is 70.3 Å². The van der Waals surface area contributed by atoms with Gasteiger partial charge in [0.2, 0.25) is 0 Å². The van der Waals surface area contributed by atoms with E-state index in [4.69, 9.17) is 4.42 Å². The molecule has 4 nitrogen and oxygen atoms in total. The average Bonchev–Trinajstić information content (AvgIpc) is 2.29. The predicted octanol–water partition coefficient (Wildman–Crippen LogP) is 1.32. The third-order valence-corrected chi connectivity index (χ3v) is 2.65. The normalized spacial score (nSPS) is 11.1. The van der Waals surface area contributed by atoms with Crippen LogP contribution in [0.2, 0.25) is 0 Å². The fourth-order valence-corrected chi connectivity index (χ4v) is 1.75. The quantitative estimate of drug-likeness (QED) is 0.783. The van der Waals surface area contributed by atoms with E-state index in [2.05, 4.69) is 15.9 Å². The summed E-state index contributed by atoms with van der Waals surface area (Å²) < 4.78 is 5.97. The van der Waals surface area contributed by atoms with Gasteiger partial charge in [0, 0.05) is 4.47 Å². The summed E-state index contributed by atoms with van der Waals surface area (Å²) >= 11 is 3.25. The first-order valence-corrected chi connectivity index (χ1v) is 5.47. The highest BCUT2D eigenvalue weighted by Crippen LogP contribution is 2.17. The Morgan fingerprint density at radius 3 is 2.88 bits per heavy atom. The van der Waals surface area contributed by atoms with Gasteiger partial charge in [-0.3, -0.25) is 4.79 Å². The van der Waals surface area contributed by atoms with Gasteiger partial charge in [0.1, 0.15) is 11.8 Å². The van der Waals surface area contributed by atoms with Crippen LogP contribution in [0.1, 0.15) is 5.56 Å². The maximum Gasteiger partial charge on any atom is 0.199 e. The second-order valence-corrected chi connectivity index (χ2v) is 4.23. The molecule has 0 bridgehead atoms. The zero-order chi connectivity index (χ0) is 12.4. The summed E-state index contributed by atoms with van der Waals surface area (Å²) in [5.74, 6) is -1.36. The molecule has 0 aliphatic carbocycles. The summed E-state index contributed by atoms with van der Waals surface area (Å²) in [7, 11) is 0. The largest absolute Gasteiger partial charge is 0.545 e. The van der Waals surface area contributed by atoms with E-state index in [-0.39, 0.29) is 11.0 Å². The first kappa shape index (κ1) is 11.6. The van der Waals surface area contributed by atoms with Crippen LogP contribution in [0, 0.1) is 0 Å². The van der Waals surface area contributed by atoms with Crippen molar-refractivity contribution in [1.29, 1.82) is 0 Å². The summed E-state index contributed by atoms with van der Waals surface area (Å²) in [6, 6.07) is 5.03. The SMILES string of the molecule is O=C([O-])/C=C/c1coc2ccc(Br)cc2c1=O. The van der Waals surface area contributed by atoms with Crippen LogP contribution in [0.4, 0.5) is 0 Å². The Morgan fingerprint density at radius 1 is 1.41 bits per heavy atom. The van der Waals surface area contributed by atoms with Crippen LogP contribution in [0.5, 0.6) is 0 Å². The Bertz CT molecular complexity index is 670. The molecule has 0 aliphatic heterocycles. The lowest BCUT2D eigenvalue weighted by Gasteiger charge is -1.99. The highest BCUT2D eigenvalue weighted by molar-refractivity contribution is 9.10. The number of hydrogen-bond donors (Lipinski definition) is 0. The standard InChI is InChI=1S/C12H7BrO4/c13-8-2-3-10-9(5-8)12(16)7(6-17-10)1-4-11(14)15/h1-6H,(H,14,15)/p-1/b4-1+. The van der Waals surface area contributed by atoms with Gasteiger partial charge in [0.05, 0.1) is 16.9 Å². The van der Waals surface area contributed by atoms with E-state index >= 15 is 0 Å². The van der Waals surface area contributed by atoms with Crippen molar-refractivity contribution in [3.8, 4) is 0 Å². The maximum absolute atomic E-state index is 11.9. The first-order chi connectivity index (χ1) is 8.08. The number of rotatable bonds is 2. The van der Waals surface area contributed by atoms with Crippen molar-refractivity contribution in [3.63, 3.8) is 0 Å². The number of carbonyl (C=O) groups excluding carboxylic acids is 1. The molecule has 1 heterocycles. The molecule has 0 aliphatic rings. The molecule has 0 unspecified atom stereocenters. The third kappa shape index (κ3) is 2.45.